The largest absolute Gasteiger partial charge is 0.444 e. The van der Waals surface area contributed by atoms with Crippen LogP contribution in [0.25, 0.3) is 0 Å². The molecule has 4 heteroatoms. The van der Waals surface area contributed by atoms with E-state index in [0.717, 1.165) is 6.42 Å². The minimum Gasteiger partial charge on any atom is -0.444 e. The Bertz CT molecular complexity index is 163. The zero-order valence-corrected chi connectivity index (χ0v) is 8.72. The molecule has 0 saturated carbocycles. The van der Waals surface area contributed by atoms with E-state index in [2.05, 4.69) is 5.32 Å². The van der Waals surface area contributed by atoms with Crippen LogP contribution >= 0.6 is 0 Å². The summed E-state index contributed by atoms with van der Waals surface area (Å²) >= 11 is 0. The van der Waals surface area contributed by atoms with Gasteiger partial charge in [0.05, 0.1) is 0 Å². The number of amides is 1. The summed E-state index contributed by atoms with van der Waals surface area (Å²) in [6.07, 6.45) is -0.510. The molecule has 0 aromatic rings. The van der Waals surface area contributed by atoms with Crippen molar-refractivity contribution < 1.29 is 14.6 Å². The monoisotopic (exact) mass is 188 g/mol. The van der Waals surface area contributed by atoms with Gasteiger partial charge in [0.1, 0.15) is 5.60 Å². The molecule has 0 bridgehead atoms. The molecule has 0 aliphatic heterocycles. The topological polar surface area (TPSA) is 58.2 Å². The van der Waals surface area contributed by atoms with Crippen LogP contribution in [-0.2, 0) is 9.84 Å². The molecule has 0 aliphatic carbocycles. The molecule has 1 amide bonds. The Kier molecular flexibility index (Phi) is 4.77. The van der Waals surface area contributed by atoms with E-state index in [0.29, 0.717) is 6.42 Å². The molecule has 0 aromatic heterocycles. The summed E-state index contributed by atoms with van der Waals surface area (Å²) in [4.78, 5) is 11.0. The van der Waals surface area contributed by atoms with Crippen LogP contribution in [0.3, 0.4) is 0 Å². The van der Waals surface area contributed by atoms with Crippen molar-refractivity contribution in [1.82, 2.24) is 5.32 Å². The molecule has 13 heavy (non-hydrogen) atoms. The van der Waals surface area contributed by atoms with Crippen LogP contribution in [0.2, 0.25) is 0 Å². The van der Waals surface area contributed by atoms with Crippen molar-refractivity contribution >= 4 is 6.09 Å². The summed E-state index contributed by atoms with van der Waals surface area (Å²) in [5.41, 5.74) is -0.546. The normalized spacial score (nSPS) is 13.6. The average molecular weight is 188 g/mol. The van der Waals surface area contributed by atoms with Gasteiger partial charge < -0.3 is 4.74 Å². The smallest absolute Gasteiger partial charge is 0.409 e. The maximum absolute atomic E-state index is 11.0. The molecule has 77 valence electrons. The van der Waals surface area contributed by atoms with Crippen LogP contribution < -0.4 is 5.32 Å². The third-order valence-corrected chi connectivity index (χ3v) is 1.23. The standard InChI is InChI=1S/C9H18NO3/c1-5-6-7(11)10-8(12)13-9(2,3)4/h7H,5-6H2,1-4H3,(H,10,12). The number of carbonyl (C=O) groups is 1. The van der Waals surface area contributed by atoms with Crippen LogP contribution in [0.4, 0.5) is 4.79 Å². The van der Waals surface area contributed by atoms with Gasteiger partial charge in [0, 0.05) is 0 Å². The zero-order chi connectivity index (χ0) is 10.5. The van der Waals surface area contributed by atoms with Crippen LogP contribution in [0.1, 0.15) is 40.5 Å². The summed E-state index contributed by atoms with van der Waals surface area (Å²) in [6, 6.07) is 0. The van der Waals surface area contributed by atoms with E-state index in [4.69, 9.17) is 4.74 Å². The molecular weight excluding hydrogens is 170 g/mol. The Hall–Kier alpha value is -0.770. The Morgan fingerprint density at radius 3 is 2.38 bits per heavy atom. The predicted octanol–water partition coefficient (Wildman–Crippen LogP) is 2.07. The van der Waals surface area contributed by atoms with Crippen molar-refractivity contribution in [3.63, 3.8) is 0 Å². The summed E-state index contributed by atoms with van der Waals surface area (Å²) in [7, 11) is 0. The molecule has 0 spiro atoms. The van der Waals surface area contributed by atoms with E-state index >= 15 is 0 Å². The van der Waals surface area contributed by atoms with Gasteiger partial charge in [0.2, 0.25) is 0 Å². The van der Waals surface area contributed by atoms with Gasteiger partial charge in [-0.05, 0) is 27.2 Å². The van der Waals surface area contributed by atoms with E-state index in [1.54, 1.807) is 20.8 Å². The molecule has 0 rings (SSSR count). The van der Waals surface area contributed by atoms with Crippen LogP contribution in [0, 0.1) is 0 Å². The van der Waals surface area contributed by atoms with Crippen molar-refractivity contribution in [2.45, 2.75) is 52.4 Å². The number of hydrogen-bond donors (Lipinski definition) is 1. The molecule has 0 aromatic carbocycles. The number of rotatable bonds is 3. The number of alkyl carbamates (subject to hydrolysis) is 1. The van der Waals surface area contributed by atoms with Gasteiger partial charge in [-0.3, -0.25) is 5.32 Å². The molecule has 1 unspecified atom stereocenters. The minimum atomic E-state index is -1.06. The lowest BCUT2D eigenvalue weighted by Crippen LogP contribution is -2.38. The van der Waals surface area contributed by atoms with Crippen molar-refractivity contribution in [2.24, 2.45) is 0 Å². The Balaban J connectivity index is 3.74. The highest BCUT2D eigenvalue weighted by molar-refractivity contribution is 5.67. The van der Waals surface area contributed by atoms with E-state index < -0.39 is 17.9 Å². The summed E-state index contributed by atoms with van der Waals surface area (Å²) < 4.78 is 4.90. The maximum Gasteiger partial charge on any atom is 0.409 e. The van der Waals surface area contributed by atoms with E-state index in [9.17, 15) is 9.90 Å². The predicted molar refractivity (Wildman–Crippen MR) is 48.8 cm³/mol. The first-order chi connectivity index (χ1) is 5.85. The number of hydrogen-bond acceptors (Lipinski definition) is 2. The van der Waals surface area contributed by atoms with Crippen LogP contribution in [-0.4, -0.2) is 17.9 Å². The fourth-order valence-corrected chi connectivity index (χ4v) is 0.773. The van der Waals surface area contributed by atoms with Gasteiger partial charge >= 0.3 is 6.09 Å². The highest BCUT2D eigenvalue weighted by atomic mass is 16.6. The van der Waals surface area contributed by atoms with Gasteiger partial charge in [0.15, 0.2) is 6.23 Å². The lowest BCUT2D eigenvalue weighted by Gasteiger charge is -2.20. The third kappa shape index (κ3) is 7.59. The average Bonchev–Trinajstić information content (AvgIpc) is 1.81. The third-order valence-electron chi connectivity index (χ3n) is 1.23. The first-order valence-electron chi connectivity index (χ1n) is 4.50. The van der Waals surface area contributed by atoms with Crippen molar-refractivity contribution in [3.8, 4) is 0 Å². The minimum absolute atomic E-state index is 0.430. The van der Waals surface area contributed by atoms with Crippen LogP contribution in [0.5, 0.6) is 0 Å². The SMILES string of the molecule is CCCC([O])NC(=O)OC(C)(C)C. The molecule has 1 atom stereocenters. The second kappa shape index (κ2) is 5.07. The van der Waals surface area contributed by atoms with Crippen molar-refractivity contribution in [2.75, 3.05) is 0 Å². The second-order valence-corrected chi connectivity index (χ2v) is 3.92. The Morgan fingerprint density at radius 1 is 1.46 bits per heavy atom. The van der Waals surface area contributed by atoms with Crippen LogP contribution in [0.15, 0.2) is 0 Å². The fraction of sp³-hybridized carbons (Fsp3) is 0.889. The number of nitrogens with one attached hydrogen (secondary N) is 1. The van der Waals surface area contributed by atoms with Crippen molar-refractivity contribution in [1.29, 1.82) is 0 Å². The quantitative estimate of drug-likeness (QED) is 0.689. The highest BCUT2D eigenvalue weighted by Crippen LogP contribution is 2.07. The Morgan fingerprint density at radius 2 is 2.00 bits per heavy atom. The van der Waals surface area contributed by atoms with Gasteiger partial charge in [-0.1, -0.05) is 13.3 Å². The molecule has 1 radical (unpaired) electrons. The first-order valence-corrected chi connectivity index (χ1v) is 4.50. The van der Waals surface area contributed by atoms with Gasteiger partial charge in [-0.2, -0.15) is 0 Å². The molecule has 0 fully saturated rings. The van der Waals surface area contributed by atoms with Gasteiger partial charge in [-0.15, -0.1) is 0 Å². The molecule has 0 saturated heterocycles. The van der Waals surface area contributed by atoms with Gasteiger partial charge in [-0.25, -0.2) is 9.90 Å². The summed E-state index contributed by atoms with van der Waals surface area (Å²) in [5.74, 6) is 0. The Labute approximate surface area is 79.3 Å². The van der Waals surface area contributed by atoms with Gasteiger partial charge in [0.25, 0.3) is 0 Å². The van der Waals surface area contributed by atoms with E-state index in [1.807, 2.05) is 6.92 Å². The molecule has 0 heterocycles. The summed E-state index contributed by atoms with van der Waals surface area (Å²) in [6.45, 7) is 7.16. The maximum atomic E-state index is 11.0. The first kappa shape index (κ1) is 12.2. The molecule has 4 nitrogen and oxygen atoms in total. The van der Waals surface area contributed by atoms with E-state index in [1.165, 1.54) is 0 Å². The number of carbonyl (C=O) groups excluding carboxylic acids is 1. The number of ether oxygens (including phenoxy) is 1. The molecule has 1 N–H and O–H groups in total. The second-order valence-electron chi connectivity index (χ2n) is 3.92. The summed E-state index contributed by atoms with van der Waals surface area (Å²) in [5, 5.41) is 13.2. The lowest BCUT2D eigenvalue weighted by atomic mass is 10.2. The van der Waals surface area contributed by atoms with Crippen molar-refractivity contribution in [3.05, 3.63) is 0 Å². The zero-order valence-electron chi connectivity index (χ0n) is 8.72. The molecular formula is C9H18NO3. The van der Waals surface area contributed by atoms with E-state index in [-0.39, 0.29) is 0 Å². The lowest BCUT2D eigenvalue weighted by molar-refractivity contribution is 0.0145. The fourth-order valence-electron chi connectivity index (χ4n) is 0.773. The molecule has 0 aliphatic rings. The highest BCUT2D eigenvalue weighted by Gasteiger charge is 2.18.